The van der Waals surface area contributed by atoms with Gasteiger partial charge >= 0.3 is 5.97 Å². The van der Waals surface area contributed by atoms with Gasteiger partial charge in [-0.25, -0.2) is 4.79 Å². The van der Waals surface area contributed by atoms with Crippen LogP contribution in [-0.4, -0.2) is 21.6 Å². The van der Waals surface area contributed by atoms with Crippen LogP contribution < -0.4 is 10.5 Å². The number of carbonyl (C=O) groups is 2. The lowest BCUT2D eigenvalue weighted by Crippen LogP contribution is -2.16. The number of hydrogen-bond acceptors (Lipinski definition) is 3. The predicted molar refractivity (Wildman–Crippen MR) is 76.0 cm³/mol. The summed E-state index contributed by atoms with van der Waals surface area (Å²) in [5, 5.41) is 9.19. The summed E-state index contributed by atoms with van der Waals surface area (Å²) in [7, 11) is 0. The number of amides is 1. The summed E-state index contributed by atoms with van der Waals surface area (Å²) in [6.07, 6.45) is 1.77. The number of primary amides is 1. The molecule has 6 heteroatoms. The van der Waals surface area contributed by atoms with E-state index in [0.29, 0.717) is 18.0 Å². The smallest absolute Gasteiger partial charge is 0.337 e. The maximum atomic E-state index is 11.2. The van der Waals surface area contributed by atoms with Gasteiger partial charge in [-0.2, -0.15) is 0 Å². The zero-order valence-corrected chi connectivity index (χ0v) is 11.4. The Bertz CT molecular complexity index is 634. The molecule has 0 aliphatic heterocycles. The molecule has 0 saturated carbocycles. The molecule has 6 nitrogen and oxygen atoms in total. The molecule has 3 N–H and O–H groups in total. The first-order valence-electron chi connectivity index (χ1n) is 6.45. The summed E-state index contributed by atoms with van der Waals surface area (Å²) in [5.41, 5.74) is 5.79. The molecule has 0 atom stereocenters. The lowest BCUT2D eigenvalue weighted by Gasteiger charge is -2.11. The molecule has 21 heavy (non-hydrogen) atoms. The molecular weight excluding hydrogens is 272 g/mol. The fourth-order valence-corrected chi connectivity index (χ4v) is 1.97. The van der Waals surface area contributed by atoms with Crippen LogP contribution in [0.3, 0.4) is 0 Å². The van der Waals surface area contributed by atoms with E-state index in [1.165, 1.54) is 6.07 Å². The highest BCUT2D eigenvalue weighted by molar-refractivity contribution is 5.89. The Hall–Kier alpha value is -2.76. The second kappa shape index (κ2) is 6.60. The molecule has 0 spiro atoms. The van der Waals surface area contributed by atoms with Gasteiger partial charge in [-0.05, 0) is 18.2 Å². The van der Waals surface area contributed by atoms with Gasteiger partial charge in [-0.3, -0.25) is 4.79 Å². The summed E-state index contributed by atoms with van der Waals surface area (Å²) in [6.45, 7) is 0.438. The number of carboxylic acids is 1. The average Bonchev–Trinajstić information content (AvgIpc) is 2.87. The van der Waals surface area contributed by atoms with Crippen molar-refractivity contribution in [3.05, 3.63) is 53.9 Å². The maximum absolute atomic E-state index is 11.2. The lowest BCUT2D eigenvalue weighted by molar-refractivity contribution is -0.118. The first-order chi connectivity index (χ1) is 10.1. The summed E-state index contributed by atoms with van der Waals surface area (Å²) >= 11 is 0. The van der Waals surface area contributed by atoms with E-state index in [-0.39, 0.29) is 18.6 Å². The molecule has 0 aliphatic carbocycles. The number of ether oxygens (including phenoxy) is 1. The summed E-state index contributed by atoms with van der Waals surface area (Å²) in [4.78, 5) is 22.1. The van der Waals surface area contributed by atoms with Crippen LogP contribution >= 0.6 is 0 Å². The average molecular weight is 288 g/mol. The second-order valence-electron chi connectivity index (χ2n) is 4.49. The maximum Gasteiger partial charge on any atom is 0.337 e. The number of hydrogen-bond donors (Lipinski definition) is 2. The van der Waals surface area contributed by atoms with Crippen LogP contribution in [0.25, 0.3) is 0 Å². The van der Waals surface area contributed by atoms with E-state index in [1.807, 2.05) is 18.2 Å². The van der Waals surface area contributed by atoms with Gasteiger partial charge in [0.15, 0.2) is 0 Å². The monoisotopic (exact) mass is 288 g/mol. The molecule has 0 bridgehead atoms. The van der Waals surface area contributed by atoms with Gasteiger partial charge in [0.1, 0.15) is 12.4 Å². The van der Waals surface area contributed by atoms with Crippen molar-refractivity contribution in [1.82, 2.24) is 4.57 Å². The minimum atomic E-state index is -1.03. The molecule has 1 amide bonds. The van der Waals surface area contributed by atoms with Gasteiger partial charge < -0.3 is 20.1 Å². The second-order valence-corrected chi connectivity index (χ2v) is 4.49. The van der Waals surface area contributed by atoms with Crippen LogP contribution in [0.1, 0.15) is 22.5 Å². The highest BCUT2D eigenvalue weighted by Crippen LogP contribution is 2.16. The molecule has 110 valence electrons. The molecule has 2 aromatic rings. The van der Waals surface area contributed by atoms with E-state index in [1.54, 1.807) is 22.9 Å². The van der Waals surface area contributed by atoms with Gasteiger partial charge in [0.2, 0.25) is 5.91 Å². The molecule has 0 saturated heterocycles. The zero-order chi connectivity index (χ0) is 15.2. The first kappa shape index (κ1) is 14.6. The van der Waals surface area contributed by atoms with Gasteiger partial charge in [0.25, 0.3) is 0 Å². The van der Waals surface area contributed by atoms with Crippen LogP contribution in [0.2, 0.25) is 0 Å². The lowest BCUT2D eigenvalue weighted by atomic mass is 10.2. The van der Waals surface area contributed by atoms with Crippen LogP contribution in [0, 0.1) is 0 Å². The Kier molecular flexibility index (Phi) is 4.61. The molecular formula is C15H16N2O4. The number of carbonyl (C=O) groups excluding carboxylic acids is 1. The van der Waals surface area contributed by atoms with Gasteiger partial charge in [-0.15, -0.1) is 0 Å². The number of carboxylic acid groups (broad SMARTS) is 1. The Morgan fingerprint density at radius 3 is 2.52 bits per heavy atom. The molecule has 0 fully saturated rings. The Morgan fingerprint density at radius 1 is 1.19 bits per heavy atom. The Balaban J connectivity index is 2.16. The van der Waals surface area contributed by atoms with Crippen molar-refractivity contribution in [1.29, 1.82) is 0 Å². The molecule has 0 aliphatic rings. The molecule has 1 aromatic carbocycles. The third-order valence-electron chi connectivity index (χ3n) is 3.03. The normalized spacial score (nSPS) is 10.3. The van der Waals surface area contributed by atoms with Gasteiger partial charge in [0, 0.05) is 19.2 Å². The summed E-state index contributed by atoms with van der Waals surface area (Å²) in [6, 6.07) is 10.6. The third kappa shape index (κ3) is 3.85. The van der Waals surface area contributed by atoms with Crippen molar-refractivity contribution in [3.8, 4) is 5.75 Å². The number of benzene rings is 1. The van der Waals surface area contributed by atoms with E-state index in [2.05, 4.69) is 0 Å². The molecule has 0 radical (unpaired) electrons. The van der Waals surface area contributed by atoms with E-state index in [0.717, 1.165) is 0 Å². The Labute approximate surface area is 121 Å². The van der Waals surface area contributed by atoms with Crippen molar-refractivity contribution in [2.75, 3.05) is 0 Å². The van der Waals surface area contributed by atoms with Gasteiger partial charge in [0.05, 0.1) is 11.3 Å². The van der Waals surface area contributed by atoms with E-state index < -0.39 is 11.9 Å². The van der Waals surface area contributed by atoms with E-state index >= 15 is 0 Å². The van der Waals surface area contributed by atoms with Crippen LogP contribution in [-0.2, 0) is 17.9 Å². The molecule has 1 heterocycles. The van der Waals surface area contributed by atoms with Crippen LogP contribution in [0.15, 0.2) is 42.6 Å². The number of nitrogens with zero attached hydrogens (tertiary/aromatic N) is 1. The molecule has 2 rings (SSSR count). The number of aromatic carboxylic acids is 1. The van der Waals surface area contributed by atoms with Gasteiger partial charge in [-0.1, -0.05) is 18.2 Å². The van der Waals surface area contributed by atoms with Crippen molar-refractivity contribution in [2.24, 2.45) is 5.73 Å². The zero-order valence-electron chi connectivity index (χ0n) is 11.4. The topological polar surface area (TPSA) is 94.6 Å². The quantitative estimate of drug-likeness (QED) is 0.809. The number of rotatable bonds is 7. The minimum absolute atomic E-state index is 0.109. The summed E-state index contributed by atoms with van der Waals surface area (Å²) in [5.74, 6) is -0.813. The highest BCUT2D eigenvalue weighted by Gasteiger charge is 2.16. The van der Waals surface area contributed by atoms with Crippen LogP contribution in [0.4, 0.5) is 0 Å². The fourth-order valence-electron chi connectivity index (χ4n) is 1.97. The van der Waals surface area contributed by atoms with E-state index in [4.69, 9.17) is 10.5 Å². The number of aryl methyl sites for hydroxylation is 1. The fraction of sp³-hybridized carbons (Fsp3) is 0.200. The molecule has 0 unspecified atom stereocenters. The Morgan fingerprint density at radius 2 is 1.90 bits per heavy atom. The number of nitrogens with two attached hydrogens (primary N) is 1. The number of aromatic nitrogens is 1. The van der Waals surface area contributed by atoms with E-state index in [9.17, 15) is 14.7 Å². The number of para-hydroxylation sites is 1. The first-order valence-corrected chi connectivity index (χ1v) is 6.45. The standard InChI is InChI=1S/C15H16N2O4/c16-14(18)7-9-17-8-6-12(15(19)20)13(17)10-21-11-4-2-1-3-5-11/h1-6,8H,7,9-10H2,(H2,16,18)(H,19,20). The molecule has 1 aromatic heterocycles. The predicted octanol–water partition coefficient (Wildman–Crippen LogP) is 1.64. The van der Waals surface area contributed by atoms with Crippen molar-refractivity contribution < 1.29 is 19.4 Å². The van der Waals surface area contributed by atoms with Crippen molar-refractivity contribution in [2.45, 2.75) is 19.6 Å². The third-order valence-corrected chi connectivity index (χ3v) is 3.03. The SMILES string of the molecule is NC(=O)CCn1ccc(C(=O)O)c1COc1ccccc1. The van der Waals surface area contributed by atoms with Crippen LogP contribution in [0.5, 0.6) is 5.75 Å². The van der Waals surface area contributed by atoms with Crippen molar-refractivity contribution in [3.63, 3.8) is 0 Å². The summed E-state index contributed by atoms with van der Waals surface area (Å²) < 4.78 is 7.27. The minimum Gasteiger partial charge on any atom is -0.487 e. The highest BCUT2D eigenvalue weighted by atomic mass is 16.5. The van der Waals surface area contributed by atoms with Crippen molar-refractivity contribution >= 4 is 11.9 Å². The largest absolute Gasteiger partial charge is 0.487 e.